The molecule has 0 aliphatic rings. The van der Waals surface area contributed by atoms with Gasteiger partial charge in [0.05, 0.1) is 0 Å². The van der Waals surface area contributed by atoms with Crippen LogP contribution in [-0.4, -0.2) is 41.2 Å². The van der Waals surface area contributed by atoms with E-state index in [9.17, 15) is 4.79 Å². The highest BCUT2D eigenvalue weighted by Gasteiger charge is 2.17. The third-order valence-electron chi connectivity index (χ3n) is 3.29. The van der Waals surface area contributed by atoms with Crippen molar-refractivity contribution in [3.63, 3.8) is 0 Å². The molecule has 0 spiro atoms. The largest absolute Gasteiger partial charge is 0.345 e. The molecule has 124 valence electrons. The van der Waals surface area contributed by atoms with Crippen molar-refractivity contribution in [3.05, 3.63) is 36.7 Å². The minimum Gasteiger partial charge on any atom is -0.345 e. The molecule has 0 unspecified atom stereocenters. The molecule has 0 radical (unpaired) electrons. The Balaban J connectivity index is 1.50. The standard InChI is InChI=1S/C14H16N8O2/c1-10(17-12(23)5-3-7-22-9-16-20-21-22)14-18-13(19-24-14)11-4-2-6-15-8-11/h2,4,6,8-10H,3,5,7H2,1H3,(H,17,23)/t10-/m1/s1. The Bertz CT molecular complexity index is 771. The number of carbonyl (C=O) groups is 1. The zero-order chi connectivity index (χ0) is 16.8. The Morgan fingerprint density at radius 2 is 2.38 bits per heavy atom. The molecule has 0 saturated heterocycles. The molecule has 0 aromatic carbocycles. The minimum absolute atomic E-state index is 0.100. The van der Waals surface area contributed by atoms with Gasteiger partial charge in [0.25, 0.3) is 0 Å². The fourth-order valence-corrected chi connectivity index (χ4v) is 2.08. The van der Waals surface area contributed by atoms with Gasteiger partial charge in [0, 0.05) is 30.9 Å². The van der Waals surface area contributed by atoms with E-state index in [4.69, 9.17) is 4.52 Å². The molecule has 1 N–H and O–H groups in total. The van der Waals surface area contributed by atoms with E-state index in [1.807, 2.05) is 6.07 Å². The number of nitrogens with zero attached hydrogens (tertiary/aromatic N) is 7. The van der Waals surface area contributed by atoms with Crippen molar-refractivity contribution < 1.29 is 9.32 Å². The molecule has 0 saturated carbocycles. The molecule has 3 rings (SSSR count). The van der Waals surface area contributed by atoms with Crippen LogP contribution in [0.5, 0.6) is 0 Å². The zero-order valence-electron chi connectivity index (χ0n) is 13.0. The first-order chi connectivity index (χ1) is 11.7. The Labute approximate surface area is 137 Å². The number of aryl methyl sites for hydroxylation is 1. The first kappa shape index (κ1) is 15.7. The first-order valence-corrected chi connectivity index (χ1v) is 7.46. The fourth-order valence-electron chi connectivity index (χ4n) is 2.08. The Kier molecular flexibility index (Phi) is 4.84. The van der Waals surface area contributed by atoms with Crippen LogP contribution in [0, 0.1) is 0 Å². The summed E-state index contributed by atoms with van der Waals surface area (Å²) >= 11 is 0. The fraction of sp³-hybridized carbons (Fsp3) is 0.357. The zero-order valence-corrected chi connectivity index (χ0v) is 13.0. The highest BCUT2D eigenvalue weighted by molar-refractivity contribution is 5.76. The van der Waals surface area contributed by atoms with Crippen molar-refractivity contribution >= 4 is 5.91 Å². The van der Waals surface area contributed by atoms with Gasteiger partial charge in [-0.3, -0.25) is 9.78 Å². The van der Waals surface area contributed by atoms with Crippen LogP contribution in [0.4, 0.5) is 0 Å². The van der Waals surface area contributed by atoms with Gasteiger partial charge in [-0.1, -0.05) is 5.16 Å². The van der Waals surface area contributed by atoms with Gasteiger partial charge in [-0.15, -0.1) is 5.10 Å². The average molecular weight is 328 g/mol. The minimum atomic E-state index is -0.372. The predicted molar refractivity (Wildman–Crippen MR) is 81.1 cm³/mol. The summed E-state index contributed by atoms with van der Waals surface area (Å²) in [5, 5.41) is 17.5. The summed E-state index contributed by atoms with van der Waals surface area (Å²) < 4.78 is 6.79. The van der Waals surface area contributed by atoms with Crippen LogP contribution in [0.25, 0.3) is 11.4 Å². The Morgan fingerprint density at radius 3 is 3.12 bits per heavy atom. The van der Waals surface area contributed by atoms with Crippen LogP contribution in [0.3, 0.4) is 0 Å². The van der Waals surface area contributed by atoms with E-state index in [1.54, 1.807) is 30.1 Å². The molecule has 10 heteroatoms. The van der Waals surface area contributed by atoms with Crippen LogP contribution in [0.2, 0.25) is 0 Å². The van der Waals surface area contributed by atoms with E-state index >= 15 is 0 Å². The maximum atomic E-state index is 12.0. The number of aromatic nitrogens is 7. The second kappa shape index (κ2) is 7.40. The summed E-state index contributed by atoms with van der Waals surface area (Å²) in [6.45, 7) is 2.38. The molecule has 1 amide bonds. The van der Waals surface area contributed by atoms with Crippen molar-refractivity contribution in [1.82, 2.24) is 40.6 Å². The average Bonchev–Trinajstić information content (AvgIpc) is 3.27. The SMILES string of the molecule is C[C@@H](NC(=O)CCCn1cnnn1)c1nc(-c2cccnc2)no1. The quantitative estimate of drug-likeness (QED) is 0.674. The predicted octanol–water partition coefficient (Wildman–Crippen LogP) is 0.776. The number of carbonyl (C=O) groups excluding carboxylic acids is 1. The number of rotatable bonds is 7. The van der Waals surface area contributed by atoms with E-state index in [0.29, 0.717) is 31.1 Å². The molecule has 24 heavy (non-hydrogen) atoms. The number of hydrogen-bond donors (Lipinski definition) is 1. The number of amides is 1. The molecule has 3 aromatic rings. The maximum absolute atomic E-state index is 12.0. The summed E-state index contributed by atoms with van der Waals surface area (Å²) in [4.78, 5) is 20.3. The molecule has 1 atom stereocenters. The summed E-state index contributed by atoms with van der Waals surface area (Å²) in [7, 11) is 0. The Morgan fingerprint density at radius 1 is 1.46 bits per heavy atom. The van der Waals surface area contributed by atoms with Crippen LogP contribution < -0.4 is 5.32 Å². The van der Waals surface area contributed by atoms with E-state index in [0.717, 1.165) is 5.56 Å². The lowest BCUT2D eigenvalue weighted by atomic mass is 10.2. The van der Waals surface area contributed by atoms with Crippen LogP contribution in [0.15, 0.2) is 35.4 Å². The van der Waals surface area contributed by atoms with Gasteiger partial charge in [0.15, 0.2) is 0 Å². The maximum Gasteiger partial charge on any atom is 0.249 e. The molecule has 0 aliphatic heterocycles. The first-order valence-electron chi connectivity index (χ1n) is 7.46. The molecule has 0 bridgehead atoms. The van der Waals surface area contributed by atoms with Crippen LogP contribution in [0.1, 0.15) is 31.7 Å². The van der Waals surface area contributed by atoms with Gasteiger partial charge in [-0.05, 0) is 35.9 Å². The lowest BCUT2D eigenvalue weighted by molar-refractivity contribution is -0.122. The van der Waals surface area contributed by atoms with Crippen molar-refractivity contribution in [3.8, 4) is 11.4 Å². The lowest BCUT2D eigenvalue weighted by Crippen LogP contribution is -2.26. The molecule has 10 nitrogen and oxygen atoms in total. The highest BCUT2D eigenvalue weighted by atomic mass is 16.5. The van der Waals surface area contributed by atoms with Gasteiger partial charge in [-0.25, -0.2) is 4.68 Å². The third-order valence-corrected chi connectivity index (χ3v) is 3.29. The van der Waals surface area contributed by atoms with E-state index in [1.165, 1.54) is 6.33 Å². The van der Waals surface area contributed by atoms with Gasteiger partial charge < -0.3 is 9.84 Å². The summed E-state index contributed by atoms with van der Waals surface area (Å²) in [5.74, 6) is 0.692. The highest BCUT2D eigenvalue weighted by Crippen LogP contribution is 2.17. The second-order valence-corrected chi connectivity index (χ2v) is 5.16. The normalized spacial score (nSPS) is 12.0. The monoisotopic (exact) mass is 328 g/mol. The Hall–Kier alpha value is -3.17. The molecule has 3 heterocycles. The van der Waals surface area contributed by atoms with Gasteiger partial charge in [0.2, 0.25) is 17.6 Å². The molecule has 0 aliphatic carbocycles. The topological polar surface area (TPSA) is 125 Å². The van der Waals surface area contributed by atoms with E-state index < -0.39 is 0 Å². The molecular weight excluding hydrogens is 312 g/mol. The smallest absolute Gasteiger partial charge is 0.249 e. The van der Waals surface area contributed by atoms with Gasteiger partial charge in [-0.2, -0.15) is 4.98 Å². The summed E-state index contributed by atoms with van der Waals surface area (Å²) in [6.07, 6.45) is 5.82. The number of nitrogens with one attached hydrogen (secondary N) is 1. The van der Waals surface area contributed by atoms with Crippen molar-refractivity contribution in [2.24, 2.45) is 0 Å². The van der Waals surface area contributed by atoms with Crippen LogP contribution >= 0.6 is 0 Å². The van der Waals surface area contributed by atoms with E-state index in [-0.39, 0.29) is 11.9 Å². The van der Waals surface area contributed by atoms with Crippen molar-refractivity contribution in [2.45, 2.75) is 32.4 Å². The molecular formula is C14H16N8O2. The number of pyridine rings is 1. The second-order valence-electron chi connectivity index (χ2n) is 5.16. The molecule has 3 aromatic heterocycles. The molecule has 0 fully saturated rings. The van der Waals surface area contributed by atoms with Crippen molar-refractivity contribution in [2.75, 3.05) is 0 Å². The van der Waals surface area contributed by atoms with Gasteiger partial charge >= 0.3 is 0 Å². The lowest BCUT2D eigenvalue weighted by Gasteiger charge is -2.09. The number of hydrogen-bond acceptors (Lipinski definition) is 8. The third kappa shape index (κ3) is 3.97. The summed E-state index contributed by atoms with van der Waals surface area (Å²) in [6, 6.07) is 3.26. The van der Waals surface area contributed by atoms with Gasteiger partial charge in [0.1, 0.15) is 12.4 Å². The summed E-state index contributed by atoms with van der Waals surface area (Å²) in [5.41, 5.74) is 0.757. The van der Waals surface area contributed by atoms with Crippen LogP contribution in [-0.2, 0) is 11.3 Å². The van der Waals surface area contributed by atoms with Crippen molar-refractivity contribution in [1.29, 1.82) is 0 Å². The number of tetrazole rings is 1. The van der Waals surface area contributed by atoms with E-state index in [2.05, 4.69) is 36.0 Å².